The molecule has 0 atom stereocenters. The lowest BCUT2D eigenvalue weighted by Crippen LogP contribution is -2.28. The van der Waals surface area contributed by atoms with Gasteiger partial charge < -0.3 is 20.2 Å². The maximum atomic E-state index is 12.5. The number of benzene rings is 2. The minimum atomic E-state index is -0.623. The van der Waals surface area contributed by atoms with Crippen LogP contribution in [0.4, 0.5) is 5.69 Å². The monoisotopic (exact) mass is 396 g/mol. The molecule has 0 aliphatic carbocycles. The Morgan fingerprint density at radius 1 is 0.897 bits per heavy atom. The number of nitrogens with one attached hydrogen (secondary N) is 2. The smallest absolute Gasteiger partial charge is 0.306 e. The van der Waals surface area contributed by atoms with Gasteiger partial charge in [-0.05, 0) is 31.0 Å². The van der Waals surface area contributed by atoms with E-state index in [1.54, 1.807) is 24.3 Å². The van der Waals surface area contributed by atoms with Gasteiger partial charge in [-0.1, -0.05) is 42.5 Å². The van der Waals surface area contributed by atoms with E-state index in [4.69, 9.17) is 4.74 Å². The van der Waals surface area contributed by atoms with Crippen LogP contribution in [0.1, 0.15) is 35.7 Å². The van der Waals surface area contributed by atoms with E-state index < -0.39 is 18.5 Å². The van der Waals surface area contributed by atoms with Gasteiger partial charge in [-0.3, -0.25) is 14.4 Å². The summed E-state index contributed by atoms with van der Waals surface area (Å²) in [6.45, 7) is 1.35. The Bertz CT molecular complexity index is 865. The molecule has 152 valence electrons. The Kier molecular flexibility index (Phi) is 8.56. The van der Waals surface area contributed by atoms with Crippen LogP contribution >= 0.6 is 0 Å². The number of anilines is 1. The Morgan fingerprint density at radius 2 is 1.59 bits per heavy atom. The van der Waals surface area contributed by atoms with Crippen LogP contribution in [0.25, 0.3) is 0 Å². The molecule has 0 bridgehead atoms. The Labute approximate surface area is 169 Å². The number of esters is 1. The van der Waals surface area contributed by atoms with Gasteiger partial charge in [0.25, 0.3) is 11.8 Å². The summed E-state index contributed by atoms with van der Waals surface area (Å²) in [6.07, 6.45) is 0.701. The highest BCUT2D eigenvalue weighted by molar-refractivity contribution is 6.04. The Hall–Kier alpha value is -3.48. The van der Waals surface area contributed by atoms with E-state index >= 15 is 0 Å². The molecule has 0 spiro atoms. The van der Waals surface area contributed by atoms with Crippen LogP contribution in [0.5, 0.6) is 0 Å². The van der Waals surface area contributed by atoms with Crippen LogP contribution in [0, 0.1) is 0 Å². The summed E-state index contributed by atoms with van der Waals surface area (Å²) >= 11 is 0. The summed E-state index contributed by atoms with van der Waals surface area (Å²) in [4.78, 5) is 46.9. The Balaban J connectivity index is 1.85. The first-order valence-corrected chi connectivity index (χ1v) is 9.32. The summed E-state index contributed by atoms with van der Waals surface area (Å²) in [5.74, 6) is -1.62. The van der Waals surface area contributed by atoms with Crippen LogP contribution in [0.3, 0.4) is 0 Å². The highest BCUT2D eigenvalue weighted by Gasteiger charge is 2.14. The summed E-state index contributed by atoms with van der Waals surface area (Å²) in [7, 11) is 0. The fraction of sp³-hybridized carbons (Fsp3) is 0.273. The molecule has 2 aromatic carbocycles. The van der Waals surface area contributed by atoms with Gasteiger partial charge in [0.15, 0.2) is 6.61 Å². The first-order valence-electron chi connectivity index (χ1n) is 9.32. The molecule has 0 saturated heterocycles. The molecule has 0 heterocycles. The summed E-state index contributed by atoms with van der Waals surface area (Å²) in [5.41, 5.74) is 1.76. The molecule has 0 radical (unpaired) electrons. The van der Waals surface area contributed by atoms with Gasteiger partial charge in [0.05, 0.1) is 17.7 Å². The highest BCUT2D eigenvalue weighted by Crippen LogP contribution is 2.15. The third-order valence-electron chi connectivity index (χ3n) is 4.03. The summed E-state index contributed by atoms with van der Waals surface area (Å²) in [6, 6.07) is 16.4. The van der Waals surface area contributed by atoms with Crippen molar-refractivity contribution in [2.24, 2.45) is 0 Å². The number of ketones is 1. The molecule has 29 heavy (non-hydrogen) atoms. The normalized spacial score (nSPS) is 10.1. The van der Waals surface area contributed by atoms with Crippen molar-refractivity contribution < 1.29 is 23.9 Å². The second-order valence-corrected chi connectivity index (χ2v) is 6.45. The zero-order valence-corrected chi connectivity index (χ0v) is 16.3. The first kappa shape index (κ1) is 21.8. The van der Waals surface area contributed by atoms with Gasteiger partial charge in [0.1, 0.15) is 5.78 Å². The molecule has 2 amide bonds. The van der Waals surface area contributed by atoms with Gasteiger partial charge in [0, 0.05) is 13.0 Å². The number of carbonyl (C=O) groups excluding carboxylic acids is 4. The van der Waals surface area contributed by atoms with Crippen LogP contribution in [0.2, 0.25) is 0 Å². The zero-order valence-electron chi connectivity index (χ0n) is 16.3. The minimum Gasteiger partial charge on any atom is -0.456 e. The number of rotatable bonds is 10. The first-order chi connectivity index (χ1) is 14.0. The van der Waals surface area contributed by atoms with Crippen molar-refractivity contribution in [1.82, 2.24) is 5.32 Å². The third-order valence-corrected chi connectivity index (χ3v) is 4.03. The van der Waals surface area contributed by atoms with Crippen molar-refractivity contribution in [3.63, 3.8) is 0 Å². The Morgan fingerprint density at radius 3 is 2.31 bits per heavy atom. The molecule has 7 nitrogen and oxygen atoms in total. The molecule has 0 saturated carbocycles. The maximum absolute atomic E-state index is 12.5. The number of Topliss-reactive ketones (excluding diaryl/α,β-unsaturated/α-hetero) is 1. The third kappa shape index (κ3) is 7.96. The molecule has 0 unspecified atom stereocenters. The van der Waals surface area contributed by atoms with Crippen molar-refractivity contribution in [1.29, 1.82) is 0 Å². The van der Waals surface area contributed by atoms with E-state index in [1.807, 2.05) is 30.3 Å². The van der Waals surface area contributed by atoms with E-state index in [0.29, 0.717) is 24.2 Å². The molecular weight excluding hydrogens is 372 g/mol. The quantitative estimate of drug-likeness (QED) is 0.601. The van der Waals surface area contributed by atoms with E-state index in [2.05, 4.69) is 10.6 Å². The van der Waals surface area contributed by atoms with Crippen molar-refractivity contribution in [2.75, 3.05) is 18.5 Å². The molecule has 0 aliphatic rings. The lowest BCUT2D eigenvalue weighted by Gasteiger charge is -2.12. The standard InChI is InChI=1S/C22H24N2O5/c1-16(25)11-12-21(27)29-15-20(26)24-19-10-6-5-9-18(19)22(28)23-14-13-17-7-3-2-4-8-17/h2-10H,11-15H2,1H3,(H,23,28)(H,24,26). The average molecular weight is 396 g/mol. The van der Waals surface area contributed by atoms with E-state index in [-0.39, 0.29) is 24.5 Å². The summed E-state index contributed by atoms with van der Waals surface area (Å²) < 4.78 is 4.84. The molecule has 2 N–H and O–H groups in total. The zero-order chi connectivity index (χ0) is 21.1. The van der Waals surface area contributed by atoms with E-state index in [9.17, 15) is 19.2 Å². The van der Waals surface area contributed by atoms with Gasteiger partial charge in [-0.15, -0.1) is 0 Å². The maximum Gasteiger partial charge on any atom is 0.306 e. The largest absolute Gasteiger partial charge is 0.456 e. The van der Waals surface area contributed by atoms with Gasteiger partial charge in [-0.25, -0.2) is 0 Å². The fourth-order valence-corrected chi connectivity index (χ4v) is 2.53. The molecule has 0 fully saturated rings. The number of amides is 2. The summed E-state index contributed by atoms with van der Waals surface area (Å²) in [5, 5.41) is 5.41. The number of para-hydroxylation sites is 1. The predicted octanol–water partition coefficient (Wildman–Crippen LogP) is 2.51. The number of hydrogen-bond donors (Lipinski definition) is 2. The van der Waals surface area contributed by atoms with Crippen molar-refractivity contribution >= 4 is 29.3 Å². The molecule has 2 aromatic rings. The SMILES string of the molecule is CC(=O)CCC(=O)OCC(=O)Nc1ccccc1C(=O)NCCc1ccccc1. The van der Waals surface area contributed by atoms with E-state index in [1.165, 1.54) is 6.92 Å². The second kappa shape index (κ2) is 11.4. The van der Waals surface area contributed by atoms with Crippen LogP contribution in [-0.4, -0.2) is 36.7 Å². The van der Waals surface area contributed by atoms with Crippen LogP contribution in [0.15, 0.2) is 54.6 Å². The predicted molar refractivity (Wildman–Crippen MR) is 108 cm³/mol. The van der Waals surface area contributed by atoms with Crippen LogP contribution in [-0.2, 0) is 25.5 Å². The fourth-order valence-electron chi connectivity index (χ4n) is 2.53. The van der Waals surface area contributed by atoms with Crippen molar-refractivity contribution in [3.05, 3.63) is 65.7 Å². The van der Waals surface area contributed by atoms with Gasteiger partial charge >= 0.3 is 5.97 Å². The number of ether oxygens (including phenoxy) is 1. The van der Waals surface area contributed by atoms with E-state index in [0.717, 1.165) is 5.56 Å². The molecule has 0 aromatic heterocycles. The van der Waals surface area contributed by atoms with Crippen molar-refractivity contribution in [2.45, 2.75) is 26.2 Å². The minimum absolute atomic E-state index is 0.0664. The molecular formula is C22H24N2O5. The average Bonchev–Trinajstić information content (AvgIpc) is 2.72. The number of carbonyl (C=O) groups is 4. The second-order valence-electron chi connectivity index (χ2n) is 6.45. The molecule has 2 rings (SSSR count). The van der Waals surface area contributed by atoms with Gasteiger partial charge in [-0.2, -0.15) is 0 Å². The number of hydrogen-bond acceptors (Lipinski definition) is 5. The lowest BCUT2D eigenvalue weighted by molar-refractivity contribution is -0.148. The molecule has 0 aliphatic heterocycles. The topological polar surface area (TPSA) is 102 Å². The molecule has 7 heteroatoms. The van der Waals surface area contributed by atoms with Gasteiger partial charge in [0.2, 0.25) is 0 Å². The van der Waals surface area contributed by atoms with Crippen molar-refractivity contribution in [3.8, 4) is 0 Å². The van der Waals surface area contributed by atoms with Crippen LogP contribution < -0.4 is 10.6 Å². The highest BCUT2D eigenvalue weighted by atomic mass is 16.5. The lowest BCUT2D eigenvalue weighted by atomic mass is 10.1.